The summed E-state index contributed by atoms with van der Waals surface area (Å²) in [4.78, 5) is 19.9. The number of aromatic nitrogens is 2. The van der Waals surface area contributed by atoms with E-state index in [1.807, 2.05) is 56.3 Å². The summed E-state index contributed by atoms with van der Waals surface area (Å²) >= 11 is 1.36. The number of nitrogens with one attached hydrogen (secondary N) is 2. The first-order chi connectivity index (χ1) is 9.20. The van der Waals surface area contributed by atoms with Gasteiger partial charge in [-0.15, -0.1) is 0 Å². The topological polar surface area (TPSA) is 57.8 Å². The van der Waals surface area contributed by atoms with Gasteiger partial charge in [0.05, 0.1) is 5.69 Å². The number of aromatic amines is 1. The number of benzene rings is 1. The van der Waals surface area contributed by atoms with E-state index in [0.717, 1.165) is 16.3 Å². The molecular weight excluding hydrogens is 258 g/mol. The second-order valence-electron chi connectivity index (χ2n) is 3.94. The Hall–Kier alpha value is -2.01. The van der Waals surface area contributed by atoms with Gasteiger partial charge in [0.25, 0.3) is 5.56 Å². The summed E-state index contributed by atoms with van der Waals surface area (Å²) in [6, 6.07) is 9.77. The van der Waals surface area contributed by atoms with Crippen LogP contribution in [0.25, 0.3) is 6.08 Å². The number of aryl methyl sites for hydroxylation is 1. The first kappa shape index (κ1) is 13.4. The van der Waals surface area contributed by atoms with Gasteiger partial charge in [-0.25, -0.2) is 4.98 Å². The Labute approximate surface area is 116 Å². The fourth-order valence-electron chi connectivity index (χ4n) is 1.53. The van der Waals surface area contributed by atoms with E-state index in [0.29, 0.717) is 5.82 Å². The third-order valence-corrected chi connectivity index (χ3v) is 3.27. The van der Waals surface area contributed by atoms with Gasteiger partial charge in [-0.05, 0) is 44.0 Å². The smallest absolute Gasteiger partial charge is 0.291 e. The molecule has 0 fully saturated rings. The normalized spacial score (nSPS) is 10.8. The number of H-pyrrole nitrogens is 1. The number of hydrogen-bond donors (Lipinski definition) is 2. The van der Waals surface area contributed by atoms with Gasteiger partial charge < -0.3 is 9.71 Å². The summed E-state index contributed by atoms with van der Waals surface area (Å²) in [5.41, 5.74) is 1.31. The van der Waals surface area contributed by atoms with E-state index in [1.54, 1.807) is 0 Å². The van der Waals surface area contributed by atoms with Crippen molar-refractivity contribution in [1.82, 2.24) is 9.97 Å². The molecule has 0 aliphatic heterocycles. The standard InChI is InChI=1S/C14H15N3OS/c1-3-7-12-10(2)15-14(18)13(16-12)17-19-11-8-5-4-6-9-11/h3-9H,1-2H3,(H,15,18)(H,16,17)/b7-3-. The van der Waals surface area contributed by atoms with E-state index in [-0.39, 0.29) is 5.56 Å². The molecule has 0 unspecified atom stereocenters. The molecule has 1 aromatic heterocycles. The summed E-state index contributed by atoms with van der Waals surface area (Å²) in [5, 5.41) is 0. The molecule has 2 aromatic rings. The molecule has 98 valence electrons. The molecule has 0 amide bonds. The Morgan fingerprint density at radius 1 is 1.32 bits per heavy atom. The Morgan fingerprint density at radius 3 is 2.74 bits per heavy atom. The van der Waals surface area contributed by atoms with Crippen molar-refractivity contribution in [1.29, 1.82) is 0 Å². The van der Waals surface area contributed by atoms with Crippen LogP contribution in [0, 0.1) is 6.92 Å². The zero-order valence-corrected chi connectivity index (χ0v) is 11.6. The molecule has 0 aliphatic carbocycles. The van der Waals surface area contributed by atoms with Crippen molar-refractivity contribution >= 4 is 23.8 Å². The van der Waals surface area contributed by atoms with Gasteiger partial charge in [0.15, 0.2) is 0 Å². The average Bonchev–Trinajstić information content (AvgIpc) is 2.42. The quantitative estimate of drug-likeness (QED) is 0.840. The number of hydrogen-bond acceptors (Lipinski definition) is 4. The molecule has 1 aromatic carbocycles. The van der Waals surface area contributed by atoms with Gasteiger partial charge in [0.1, 0.15) is 0 Å². The van der Waals surface area contributed by atoms with Gasteiger partial charge in [-0.3, -0.25) is 4.79 Å². The van der Waals surface area contributed by atoms with E-state index < -0.39 is 0 Å². The number of rotatable bonds is 4. The summed E-state index contributed by atoms with van der Waals surface area (Å²) < 4.78 is 2.98. The number of allylic oxidation sites excluding steroid dienone is 1. The minimum atomic E-state index is -0.214. The van der Waals surface area contributed by atoms with Crippen LogP contribution in [0.3, 0.4) is 0 Å². The lowest BCUT2D eigenvalue weighted by Crippen LogP contribution is -2.15. The van der Waals surface area contributed by atoms with Crippen molar-refractivity contribution < 1.29 is 0 Å². The molecule has 19 heavy (non-hydrogen) atoms. The maximum absolute atomic E-state index is 11.8. The lowest BCUT2D eigenvalue weighted by atomic mass is 10.3. The van der Waals surface area contributed by atoms with Crippen LogP contribution in [0.1, 0.15) is 18.3 Å². The monoisotopic (exact) mass is 273 g/mol. The van der Waals surface area contributed by atoms with E-state index in [4.69, 9.17) is 0 Å². The SMILES string of the molecule is C/C=C\c1nc(NSc2ccccc2)c(=O)[nH]c1C. The fourth-order valence-corrected chi connectivity index (χ4v) is 2.18. The molecule has 0 bridgehead atoms. The highest BCUT2D eigenvalue weighted by molar-refractivity contribution is 8.00. The highest BCUT2D eigenvalue weighted by atomic mass is 32.2. The van der Waals surface area contributed by atoms with Crippen molar-refractivity contribution in [2.24, 2.45) is 0 Å². The van der Waals surface area contributed by atoms with Crippen molar-refractivity contribution in [3.63, 3.8) is 0 Å². The maximum atomic E-state index is 11.8. The predicted molar refractivity (Wildman–Crippen MR) is 80.2 cm³/mol. The molecule has 0 radical (unpaired) electrons. The highest BCUT2D eigenvalue weighted by Gasteiger charge is 2.05. The first-order valence-electron chi connectivity index (χ1n) is 5.92. The lowest BCUT2D eigenvalue weighted by Gasteiger charge is -2.06. The van der Waals surface area contributed by atoms with Gasteiger partial charge in [-0.2, -0.15) is 0 Å². The van der Waals surface area contributed by atoms with Crippen molar-refractivity contribution in [3.05, 3.63) is 58.1 Å². The van der Waals surface area contributed by atoms with Crippen LogP contribution < -0.4 is 10.3 Å². The van der Waals surface area contributed by atoms with Gasteiger partial charge in [0.2, 0.25) is 5.82 Å². The zero-order chi connectivity index (χ0) is 13.7. The van der Waals surface area contributed by atoms with Crippen LogP contribution in [0.2, 0.25) is 0 Å². The molecule has 0 atom stereocenters. The maximum Gasteiger partial charge on any atom is 0.291 e. The van der Waals surface area contributed by atoms with Crippen LogP contribution in [0.4, 0.5) is 5.82 Å². The van der Waals surface area contributed by atoms with Crippen molar-refractivity contribution in [3.8, 4) is 0 Å². The molecule has 2 N–H and O–H groups in total. The minimum absolute atomic E-state index is 0.214. The Kier molecular flexibility index (Phi) is 4.41. The fraction of sp³-hybridized carbons (Fsp3) is 0.143. The molecule has 0 saturated heterocycles. The zero-order valence-electron chi connectivity index (χ0n) is 10.8. The minimum Gasteiger partial charge on any atom is -0.321 e. The van der Waals surface area contributed by atoms with Crippen LogP contribution in [0.5, 0.6) is 0 Å². The average molecular weight is 273 g/mol. The molecule has 1 heterocycles. The Morgan fingerprint density at radius 2 is 2.05 bits per heavy atom. The second kappa shape index (κ2) is 6.24. The molecular formula is C14H15N3OS. The lowest BCUT2D eigenvalue weighted by molar-refractivity contribution is 1.06. The predicted octanol–water partition coefficient (Wildman–Crippen LogP) is 3.23. The molecule has 0 saturated carbocycles. The van der Waals surface area contributed by atoms with Crippen LogP contribution in [-0.4, -0.2) is 9.97 Å². The largest absolute Gasteiger partial charge is 0.321 e. The molecule has 2 rings (SSSR count). The molecule has 0 spiro atoms. The molecule has 5 heteroatoms. The highest BCUT2D eigenvalue weighted by Crippen LogP contribution is 2.17. The summed E-state index contributed by atoms with van der Waals surface area (Å²) in [5.74, 6) is 0.313. The van der Waals surface area contributed by atoms with Crippen LogP contribution >= 0.6 is 11.9 Å². The summed E-state index contributed by atoms with van der Waals surface area (Å²) in [6.45, 7) is 3.75. The second-order valence-corrected chi connectivity index (χ2v) is 4.82. The summed E-state index contributed by atoms with van der Waals surface area (Å²) in [7, 11) is 0. The van der Waals surface area contributed by atoms with E-state index >= 15 is 0 Å². The number of anilines is 1. The van der Waals surface area contributed by atoms with Gasteiger partial charge in [-0.1, -0.05) is 24.3 Å². The van der Waals surface area contributed by atoms with E-state index in [2.05, 4.69) is 14.7 Å². The number of nitrogens with zero attached hydrogens (tertiary/aromatic N) is 1. The van der Waals surface area contributed by atoms with E-state index in [1.165, 1.54) is 11.9 Å². The third kappa shape index (κ3) is 3.48. The van der Waals surface area contributed by atoms with Crippen LogP contribution in [0.15, 0.2) is 46.1 Å². The van der Waals surface area contributed by atoms with Crippen molar-refractivity contribution in [2.45, 2.75) is 18.7 Å². The Balaban J connectivity index is 2.21. The van der Waals surface area contributed by atoms with Crippen LogP contribution in [-0.2, 0) is 0 Å². The Bertz CT molecular complexity index is 635. The third-order valence-electron chi connectivity index (χ3n) is 2.47. The van der Waals surface area contributed by atoms with Gasteiger partial charge in [0, 0.05) is 10.6 Å². The van der Waals surface area contributed by atoms with E-state index in [9.17, 15) is 4.79 Å². The molecule has 0 aliphatic rings. The van der Waals surface area contributed by atoms with Crippen molar-refractivity contribution in [2.75, 3.05) is 4.72 Å². The molecule has 4 nitrogen and oxygen atoms in total. The first-order valence-corrected chi connectivity index (χ1v) is 6.74. The van der Waals surface area contributed by atoms with Gasteiger partial charge >= 0.3 is 0 Å². The summed E-state index contributed by atoms with van der Waals surface area (Å²) in [6.07, 6.45) is 3.76.